The molecule has 1 aromatic heterocycles. The number of rotatable bonds is 8. The summed E-state index contributed by atoms with van der Waals surface area (Å²) in [6, 6.07) is 7.49. The lowest BCUT2D eigenvalue weighted by Gasteiger charge is -2.09. The quantitative estimate of drug-likeness (QED) is 0.663. The summed E-state index contributed by atoms with van der Waals surface area (Å²) in [6.45, 7) is 3.60. The zero-order valence-corrected chi connectivity index (χ0v) is 18.1. The van der Waals surface area contributed by atoms with Crippen molar-refractivity contribution in [3.05, 3.63) is 45.8 Å². The number of benzene rings is 1. The molecule has 2 aromatic rings. The summed E-state index contributed by atoms with van der Waals surface area (Å²) in [4.78, 5) is 39.2. The summed E-state index contributed by atoms with van der Waals surface area (Å²) < 4.78 is 10.2. The van der Waals surface area contributed by atoms with Gasteiger partial charge in [-0.15, -0.1) is 11.3 Å². The van der Waals surface area contributed by atoms with Crippen molar-refractivity contribution < 1.29 is 23.9 Å². The molecule has 0 aliphatic carbocycles. The molecule has 1 aromatic carbocycles. The van der Waals surface area contributed by atoms with Crippen LogP contribution in [0.1, 0.15) is 44.5 Å². The van der Waals surface area contributed by atoms with Gasteiger partial charge in [0.2, 0.25) is 5.91 Å². The molecule has 2 amide bonds. The fraction of sp³-hybridized carbons (Fsp3) is 0.381. The number of amides is 2. The van der Waals surface area contributed by atoms with Gasteiger partial charge in [0.25, 0.3) is 5.91 Å². The van der Waals surface area contributed by atoms with Gasteiger partial charge in [-0.25, -0.2) is 4.79 Å². The highest BCUT2D eigenvalue weighted by molar-refractivity contribution is 7.18. The fourth-order valence-electron chi connectivity index (χ4n) is 2.70. The molecular formula is C21H26N2O5S. The third-order valence-electron chi connectivity index (χ3n) is 4.28. The smallest absolute Gasteiger partial charge is 0.341 e. The van der Waals surface area contributed by atoms with E-state index in [1.54, 1.807) is 35.1 Å². The number of carbonyl (C=O) groups is 3. The Bertz CT molecular complexity index is 887. The zero-order valence-electron chi connectivity index (χ0n) is 17.3. The standard InChI is InChI=1S/C21H26N2O5S/c1-6-28-21(26)17-13(2)18(20(25)23(3)4)29-19(17)22-16(24)12-9-14-7-10-15(27-5)11-8-14/h7-8,10-11H,6,9,12H2,1-5H3,(H,22,24). The number of thiophene rings is 1. The highest BCUT2D eigenvalue weighted by Gasteiger charge is 2.27. The van der Waals surface area contributed by atoms with Crippen LogP contribution >= 0.6 is 11.3 Å². The number of aryl methyl sites for hydroxylation is 1. The van der Waals surface area contributed by atoms with Gasteiger partial charge >= 0.3 is 5.97 Å². The van der Waals surface area contributed by atoms with E-state index in [4.69, 9.17) is 9.47 Å². The van der Waals surface area contributed by atoms with E-state index in [2.05, 4.69) is 5.32 Å². The summed E-state index contributed by atoms with van der Waals surface area (Å²) in [6.07, 6.45) is 0.779. The van der Waals surface area contributed by atoms with Crippen LogP contribution in [0.15, 0.2) is 24.3 Å². The van der Waals surface area contributed by atoms with Crippen molar-refractivity contribution in [2.24, 2.45) is 0 Å². The van der Waals surface area contributed by atoms with Crippen LogP contribution in [0, 0.1) is 6.92 Å². The van der Waals surface area contributed by atoms with E-state index < -0.39 is 5.97 Å². The molecule has 0 atom stereocenters. The average molecular weight is 419 g/mol. The molecule has 0 spiro atoms. The second-order valence-electron chi connectivity index (χ2n) is 6.58. The molecule has 0 aliphatic heterocycles. The Morgan fingerprint density at radius 1 is 1.14 bits per heavy atom. The number of anilines is 1. The predicted molar refractivity (Wildman–Crippen MR) is 113 cm³/mol. The number of methoxy groups -OCH3 is 1. The van der Waals surface area contributed by atoms with Gasteiger partial charge in [0.1, 0.15) is 10.8 Å². The van der Waals surface area contributed by atoms with Crippen LogP contribution in [0.3, 0.4) is 0 Å². The lowest BCUT2D eigenvalue weighted by Crippen LogP contribution is -2.21. The molecular weight excluding hydrogens is 392 g/mol. The number of carbonyl (C=O) groups excluding carboxylic acids is 3. The van der Waals surface area contributed by atoms with Crippen LogP contribution in [0.4, 0.5) is 5.00 Å². The minimum Gasteiger partial charge on any atom is -0.497 e. The predicted octanol–water partition coefficient (Wildman–Crippen LogP) is 3.51. The van der Waals surface area contributed by atoms with Gasteiger partial charge in [0.15, 0.2) is 0 Å². The summed E-state index contributed by atoms with van der Waals surface area (Å²) in [5, 5.41) is 3.12. The van der Waals surface area contributed by atoms with Gasteiger partial charge < -0.3 is 19.7 Å². The number of nitrogens with zero attached hydrogens (tertiary/aromatic N) is 1. The van der Waals surface area contributed by atoms with Crippen LogP contribution < -0.4 is 10.1 Å². The molecule has 156 valence electrons. The third-order valence-corrected chi connectivity index (χ3v) is 5.47. The summed E-state index contributed by atoms with van der Waals surface area (Å²) in [5.74, 6) is -0.262. The molecule has 2 rings (SSSR count). The Balaban J connectivity index is 2.18. The molecule has 1 heterocycles. The average Bonchev–Trinajstić information content (AvgIpc) is 3.01. The van der Waals surface area contributed by atoms with Crippen molar-refractivity contribution in [2.75, 3.05) is 33.1 Å². The van der Waals surface area contributed by atoms with Crippen molar-refractivity contribution in [2.45, 2.75) is 26.7 Å². The maximum Gasteiger partial charge on any atom is 0.341 e. The van der Waals surface area contributed by atoms with Crippen molar-refractivity contribution >= 4 is 34.1 Å². The van der Waals surface area contributed by atoms with Gasteiger partial charge in [-0.2, -0.15) is 0 Å². The molecule has 8 heteroatoms. The zero-order chi connectivity index (χ0) is 21.6. The molecule has 0 radical (unpaired) electrons. The number of ether oxygens (including phenoxy) is 2. The molecule has 0 bridgehead atoms. The Morgan fingerprint density at radius 3 is 2.34 bits per heavy atom. The summed E-state index contributed by atoms with van der Waals surface area (Å²) >= 11 is 1.09. The van der Waals surface area contributed by atoms with E-state index in [-0.39, 0.29) is 30.4 Å². The SMILES string of the molecule is CCOC(=O)c1c(NC(=O)CCc2ccc(OC)cc2)sc(C(=O)N(C)C)c1C. The summed E-state index contributed by atoms with van der Waals surface area (Å²) in [5.41, 5.74) is 1.75. The monoisotopic (exact) mass is 418 g/mol. The Hall–Kier alpha value is -2.87. The second kappa shape index (κ2) is 10.1. The van der Waals surface area contributed by atoms with Crippen LogP contribution in [0.2, 0.25) is 0 Å². The van der Waals surface area contributed by atoms with Crippen LogP contribution in [0.5, 0.6) is 5.75 Å². The lowest BCUT2D eigenvalue weighted by molar-refractivity contribution is -0.116. The Kier molecular flexibility index (Phi) is 7.78. The number of hydrogen-bond acceptors (Lipinski definition) is 6. The van der Waals surface area contributed by atoms with Crippen molar-refractivity contribution in [1.82, 2.24) is 4.90 Å². The molecule has 0 unspecified atom stereocenters. The fourth-order valence-corrected chi connectivity index (χ4v) is 3.93. The number of nitrogens with one attached hydrogen (secondary N) is 1. The highest BCUT2D eigenvalue weighted by atomic mass is 32.1. The first-order valence-electron chi connectivity index (χ1n) is 9.23. The molecule has 0 saturated carbocycles. The topological polar surface area (TPSA) is 84.9 Å². The minimum absolute atomic E-state index is 0.204. The first kappa shape index (κ1) is 22.4. The van der Waals surface area contributed by atoms with E-state index in [0.29, 0.717) is 21.9 Å². The normalized spacial score (nSPS) is 10.4. The molecule has 0 aliphatic rings. The Morgan fingerprint density at radius 2 is 1.79 bits per heavy atom. The van der Waals surface area contributed by atoms with Crippen molar-refractivity contribution in [1.29, 1.82) is 0 Å². The molecule has 7 nitrogen and oxygen atoms in total. The maximum absolute atomic E-state index is 12.5. The number of hydrogen-bond donors (Lipinski definition) is 1. The third kappa shape index (κ3) is 5.57. The van der Waals surface area contributed by atoms with Gasteiger partial charge in [-0.1, -0.05) is 12.1 Å². The van der Waals surface area contributed by atoms with Crippen LogP contribution in [-0.4, -0.2) is 50.5 Å². The van der Waals surface area contributed by atoms with E-state index in [1.165, 1.54) is 4.90 Å². The van der Waals surface area contributed by atoms with E-state index in [9.17, 15) is 14.4 Å². The van der Waals surface area contributed by atoms with Crippen LogP contribution in [0.25, 0.3) is 0 Å². The maximum atomic E-state index is 12.5. The largest absolute Gasteiger partial charge is 0.497 e. The number of esters is 1. The molecule has 29 heavy (non-hydrogen) atoms. The van der Waals surface area contributed by atoms with Crippen LogP contribution in [-0.2, 0) is 16.0 Å². The first-order chi connectivity index (χ1) is 13.8. The van der Waals surface area contributed by atoms with Gasteiger partial charge in [-0.05, 0) is 43.5 Å². The van der Waals surface area contributed by atoms with E-state index in [0.717, 1.165) is 22.6 Å². The Labute approximate surface area is 174 Å². The van der Waals surface area contributed by atoms with Crippen molar-refractivity contribution in [3.8, 4) is 5.75 Å². The lowest BCUT2D eigenvalue weighted by atomic mass is 10.1. The highest BCUT2D eigenvalue weighted by Crippen LogP contribution is 2.34. The van der Waals surface area contributed by atoms with E-state index in [1.807, 2.05) is 24.3 Å². The molecule has 0 saturated heterocycles. The first-order valence-corrected chi connectivity index (χ1v) is 10.0. The second-order valence-corrected chi connectivity index (χ2v) is 7.60. The van der Waals surface area contributed by atoms with E-state index >= 15 is 0 Å². The molecule has 0 fully saturated rings. The van der Waals surface area contributed by atoms with Gasteiger partial charge in [0.05, 0.1) is 24.2 Å². The minimum atomic E-state index is -0.551. The molecule has 1 N–H and O–H groups in total. The van der Waals surface area contributed by atoms with Crippen molar-refractivity contribution in [3.63, 3.8) is 0 Å². The van der Waals surface area contributed by atoms with Gasteiger partial charge in [-0.3, -0.25) is 9.59 Å². The summed E-state index contributed by atoms with van der Waals surface area (Å²) in [7, 11) is 4.87. The van der Waals surface area contributed by atoms with Gasteiger partial charge in [0, 0.05) is 20.5 Å².